The van der Waals surface area contributed by atoms with Crippen molar-refractivity contribution >= 4 is 12.1 Å². The first-order valence-electron chi connectivity index (χ1n) is 4.40. The van der Waals surface area contributed by atoms with Gasteiger partial charge in [0.15, 0.2) is 0 Å². The van der Waals surface area contributed by atoms with Gasteiger partial charge < -0.3 is 30.5 Å². The first-order valence-corrected chi connectivity index (χ1v) is 4.40. The average molecular weight is 267 g/mol. The van der Waals surface area contributed by atoms with E-state index in [0.717, 1.165) is 6.42 Å². The van der Waals surface area contributed by atoms with Crippen LogP contribution in [0.15, 0.2) is 0 Å². The topological polar surface area (TPSA) is 133 Å². The van der Waals surface area contributed by atoms with Crippen LogP contribution in [-0.2, 0) is 4.79 Å². The summed E-state index contributed by atoms with van der Waals surface area (Å²) in [5.74, 6) is -0.896. The molecule has 0 radical (unpaired) electrons. The van der Waals surface area contributed by atoms with Crippen molar-refractivity contribution in [2.75, 3.05) is 13.2 Å². The summed E-state index contributed by atoms with van der Waals surface area (Å²) >= 11 is 0. The number of carbonyl (C=O) groups excluding carboxylic acids is 1. The number of carboxylic acids is 1. The fraction of sp³-hybridized carbons (Fsp3) is 0.750. The number of hydrogen-bond donors (Lipinski definition) is 3. The van der Waals surface area contributed by atoms with E-state index in [1.807, 2.05) is 6.92 Å². The van der Waals surface area contributed by atoms with Gasteiger partial charge in [0.05, 0.1) is 0 Å². The van der Waals surface area contributed by atoms with Crippen molar-refractivity contribution in [3.05, 3.63) is 0 Å². The Morgan fingerprint density at radius 3 is 1.94 bits per heavy atom. The molecule has 0 aromatic rings. The fourth-order valence-electron chi connectivity index (χ4n) is 0.761. The quantitative estimate of drug-likeness (QED) is 0.407. The minimum Gasteiger partial charge on any atom is -0.652 e. The number of aliphatic carboxylic acids is 1. The monoisotopic (exact) mass is 267 g/mol. The molecule has 0 saturated heterocycles. The fourth-order valence-corrected chi connectivity index (χ4v) is 0.761. The van der Waals surface area contributed by atoms with Gasteiger partial charge in [0, 0.05) is 6.61 Å². The molecular weight excluding hydrogens is 252 g/mol. The van der Waals surface area contributed by atoms with Gasteiger partial charge in [-0.15, -0.1) is 0 Å². The second-order valence-electron chi connectivity index (χ2n) is 2.61. The summed E-state index contributed by atoms with van der Waals surface area (Å²) in [5.41, 5.74) is 0. The van der Waals surface area contributed by atoms with Gasteiger partial charge in [-0.3, -0.25) is 4.79 Å². The SMILES string of the molecule is CCCNC(CCO)C(=O)O.O=C([O-])[O-].[Na+].[Na+]. The Labute approximate surface area is 144 Å². The number of nitrogens with one attached hydrogen (secondary N) is 1. The van der Waals surface area contributed by atoms with Crippen LogP contribution in [0.5, 0.6) is 0 Å². The van der Waals surface area contributed by atoms with Crippen molar-refractivity contribution in [2.24, 2.45) is 0 Å². The minimum absolute atomic E-state index is 0. The molecule has 0 aliphatic heterocycles. The third-order valence-corrected chi connectivity index (χ3v) is 1.36. The summed E-state index contributed by atoms with van der Waals surface area (Å²) in [5, 5.41) is 36.5. The molecule has 1 atom stereocenters. The summed E-state index contributed by atoms with van der Waals surface area (Å²) < 4.78 is 0. The number of hydrogen-bond acceptors (Lipinski definition) is 6. The number of aliphatic hydroxyl groups excluding tert-OH is 1. The first-order chi connectivity index (χ1) is 6.95. The molecule has 0 spiro atoms. The molecule has 0 heterocycles. The molecule has 0 aliphatic rings. The summed E-state index contributed by atoms with van der Waals surface area (Å²) in [4.78, 5) is 18.8. The molecule has 7 nitrogen and oxygen atoms in total. The number of carbonyl (C=O) groups is 2. The second kappa shape index (κ2) is 19.0. The van der Waals surface area contributed by atoms with Crippen molar-refractivity contribution in [2.45, 2.75) is 25.8 Å². The van der Waals surface area contributed by atoms with E-state index >= 15 is 0 Å². The van der Waals surface area contributed by atoms with Crippen LogP contribution < -0.4 is 74.6 Å². The number of rotatable bonds is 6. The van der Waals surface area contributed by atoms with E-state index in [2.05, 4.69) is 5.32 Å². The summed E-state index contributed by atoms with van der Waals surface area (Å²) in [6, 6.07) is -0.597. The van der Waals surface area contributed by atoms with Gasteiger partial charge in [-0.1, -0.05) is 6.92 Å². The van der Waals surface area contributed by atoms with Crippen LogP contribution in [0.2, 0.25) is 0 Å². The zero-order chi connectivity index (χ0) is 12.3. The molecule has 0 fully saturated rings. The van der Waals surface area contributed by atoms with Crippen molar-refractivity contribution in [3.63, 3.8) is 0 Å². The smallest absolute Gasteiger partial charge is 0.652 e. The second-order valence-corrected chi connectivity index (χ2v) is 2.61. The average Bonchev–Trinajstić information content (AvgIpc) is 2.10. The molecule has 17 heavy (non-hydrogen) atoms. The van der Waals surface area contributed by atoms with Gasteiger partial charge >= 0.3 is 65.1 Å². The normalized spacial score (nSPS) is 9.76. The molecule has 90 valence electrons. The summed E-state index contributed by atoms with van der Waals surface area (Å²) in [7, 11) is 0. The Kier molecular flexibility index (Phi) is 29.4. The molecule has 0 bridgehead atoms. The van der Waals surface area contributed by atoms with Crippen molar-refractivity contribution in [1.82, 2.24) is 5.32 Å². The number of carboxylic acid groups (broad SMARTS) is 3. The molecule has 0 aromatic carbocycles. The zero-order valence-electron chi connectivity index (χ0n) is 10.4. The van der Waals surface area contributed by atoms with E-state index in [9.17, 15) is 4.79 Å². The van der Waals surface area contributed by atoms with Gasteiger partial charge in [0.2, 0.25) is 0 Å². The van der Waals surface area contributed by atoms with E-state index in [-0.39, 0.29) is 72.1 Å². The van der Waals surface area contributed by atoms with Gasteiger partial charge in [0.25, 0.3) is 0 Å². The van der Waals surface area contributed by atoms with E-state index in [0.29, 0.717) is 6.54 Å². The molecule has 3 N–H and O–H groups in total. The molecule has 0 rings (SSSR count). The van der Waals surface area contributed by atoms with Crippen LogP contribution >= 0.6 is 0 Å². The predicted octanol–water partition coefficient (Wildman–Crippen LogP) is -8.62. The minimum atomic E-state index is -2.33. The summed E-state index contributed by atoms with van der Waals surface area (Å²) in [6.45, 7) is 2.55. The Bertz CT molecular complexity index is 189. The van der Waals surface area contributed by atoms with Crippen molar-refractivity contribution in [3.8, 4) is 0 Å². The Morgan fingerprint density at radius 1 is 1.29 bits per heavy atom. The maximum atomic E-state index is 10.4. The maximum absolute atomic E-state index is 10.4. The Morgan fingerprint density at radius 2 is 1.71 bits per heavy atom. The largest absolute Gasteiger partial charge is 1.00 e. The van der Waals surface area contributed by atoms with Crippen molar-refractivity contribution in [1.29, 1.82) is 0 Å². The summed E-state index contributed by atoms with van der Waals surface area (Å²) in [6.07, 6.45) is -1.16. The van der Waals surface area contributed by atoms with E-state index < -0.39 is 18.2 Å². The van der Waals surface area contributed by atoms with E-state index in [1.54, 1.807) is 0 Å². The molecule has 0 amide bonds. The van der Waals surface area contributed by atoms with Gasteiger partial charge in [-0.05, 0) is 25.5 Å². The third-order valence-electron chi connectivity index (χ3n) is 1.36. The van der Waals surface area contributed by atoms with Crippen LogP contribution in [0.1, 0.15) is 19.8 Å². The van der Waals surface area contributed by atoms with Crippen LogP contribution in [0.25, 0.3) is 0 Å². The molecule has 9 heteroatoms. The van der Waals surface area contributed by atoms with Crippen molar-refractivity contribution < 1.29 is 89.1 Å². The van der Waals surface area contributed by atoms with Crippen LogP contribution in [-0.4, -0.2) is 41.5 Å². The van der Waals surface area contributed by atoms with Crippen LogP contribution in [0.4, 0.5) is 4.79 Å². The molecule has 0 saturated carbocycles. The Balaban J connectivity index is -0.000000123. The molecule has 0 aliphatic carbocycles. The van der Waals surface area contributed by atoms with Crippen LogP contribution in [0.3, 0.4) is 0 Å². The zero-order valence-corrected chi connectivity index (χ0v) is 14.4. The first kappa shape index (κ1) is 26.3. The van der Waals surface area contributed by atoms with E-state index in [1.165, 1.54) is 0 Å². The number of aliphatic hydroxyl groups is 1. The Hall–Kier alpha value is 0.660. The van der Waals surface area contributed by atoms with Gasteiger partial charge in [-0.2, -0.15) is 0 Å². The molecule has 0 aromatic heterocycles. The third kappa shape index (κ3) is 26.3. The molecule has 1 unspecified atom stereocenters. The standard InChI is InChI=1S/C7H15NO3.CH2O3.2Na/c1-2-4-8-6(3-5-9)7(10)11;2-1(3)4;;/h6,8-9H,2-5H2,1H3,(H,10,11);(H2,2,3,4);;/q;;2*+1/p-2. The van der Waals surface area contributed by atoms with E-state index in [4.69, 9.17) is 25.2 Å². The maximum Gasteiger partial charge on any atom is 1.00 e. The van der Waals surface area contributed by atoms with Crippen LogP contribution in [0, 0.1) is 0 Å². The van der Waals surface area contributed by atoms with Gasteiger partial charge in [-0.25, -0.2) is 0 Å². The predicted molar refractivity (Wildman–Crippen MR) is 46.8 cm³/mol. The van der Waals surface area contributed by atoms with Gasteiger partial charge in [0.1, 0.15) is 6.04 Å². The molecular formula is C8H15NNa2O6.